The van der Waals surface area contributed by atoms with Crippen molar-refractivity contribution in [3.8, 4) is 0 Å². The van der Waals surface area contributed by atoms with E-state index in [0.717, 1.165) is 13.0 Å². The molecule has 0 aliphatic carbocycles. The third-order valence-corrected chi connectivity index (χ3v) is 2.81. The highest BCUT2D eigenvalue weighted by Gasteiger charge is 2.06. The number of hydrogen-bond donors (Lipinski definition) is 1. The molecule has 1 nitrogen and oxygen atoms in total. The first kappa shape index (κ1) is 12.3. The predicted octanol–water partition coefficient (Wildman–Crippen LogP) is 3.84. The molecular formula is C14H23N. The molecule has 84 valence electrons. The Labute approximate surface area is 93.9 Å². The summed E-state index contributed by atoms with van der Waals surface area (Å²) in [5.41, 5.74) is 2.75. The maximum Gasteiger partial charge on any atom is 0.0317 e. The van der Waals surface area contributed by atoms with E-state index in [1.807, 2.05) is 0 Å². The number of hydrogen-bond acceptors (Lipinski definition) is 1. The Morgan fingerprint density at radius 1 is 1.13 bits per heavy atom. The Morgan fingerprint density at radius 2 is 1.80 bits per heavy atom. The maximum absolute atomic E-state index is 3.61. The number of nitrogens with one attached hydrogen (secondary N) is 1. The SMILES string of the molecule is CCCCNC(CC)c1ccc(C)cc1. The second-order valence-corrected chi connectivity index (χ2v) is 4.18. The van der Waals surface area contributed by atoms with Gasteiger partial charge in [0.15, 0.2) is 0 Å². The molecule has 1 atom stereocenters. The van der Waals surface area contributed by atoms with Gasteiger partial charge < -0.3 is 5.32 Å². The molecule has 0 amide bonds. The largest absolute Gasteiger partial charge is 0.310 e. The van der Waals surface area contributed by atoms with Gasteiger partial charge in [-0.1, -0.05) is 50.1 Å². The van der Waals surface area contributed by atoms with E-state index in [0.29, 0.717) is 6.04 Å². The van der Waals surface area contributed by atoms with Gasteiger partial charge in [-0.3, -0.25) is 0 Å². The summed E-state index contributed by atoms with van der Waals surface area (Å²) < 4.78 is 0. The quantitative estimate of drug-likeness (QED) is 0.696. The van der Waals surface area contributed by atoms with Crippen molar-refractivity contribution in [3.63, 3.8) is 0 Å². The van der Waals surface area contributed by atoms with Crippen molar-refractivity contribution in [1.82, 2.24) is 5.32 Å². The highest BCUT2D eigenvalue weighted by molar-refractivity contribution is 5.23. The van der Waals surface area contributed by atoms with E-state index in [2.05, 4.69) is 50.4 Å². The van der Waals surface area contributed by atoms with Gasteiger partial charge in [0, 0.05) is 6.04 Å². The molecule has 1 N–H and O–H groups in total. The van der Waals surface area contributed by atoms with Crippen molar-refractivity contribution in [1.29, 1.82) is 0 Å². The molecule has 0 saturated carbocycles. The Hall–Kier alpha value is -0.820. The third kappa shape index (κ3) is 4.05. The van der Waals surface area contributed by atoms with Crippen molar-refractivity contribution in [2.45, 2.75) is 46.1 Å². The zero-order valence-corrected chi connectivity index (χ0v) is 10.2. The van der Waals surface area contributed by atoms with Gasteiger partial charge >= 0.3 is 0 Å². The highest BCUT2D eigenvalue weighted by atomic mass is 14.9. The Balaban J connectivity index is 2.53. The van der Waals surface area contributed by atoms with Crippen LogP contribution in [0.15, 0.2) is 24.3 Å². The van der Waals surface area contributed by atoms with Crippen molar-refractivity contribution in [3.05, 3.63) is 35.4 Å². The summed E-state index contributed by atoms with van der Waals surface area (Å²) in [5.74, 6) is 0. The number of rotatable bonds is 6. The molecule has 0 radical (unpaired) electrons. The lowest BCUT2D eigenvalue weighted by Gasteiger charge is -2.17. The second-order valence-electron chi connectivity index (χ2n) is 4.18. The standard InChI is InChI=1S/C14H23N/c1-4-6-11-15-14(5-2)13-9-7-12(3)8-10-13/h7-10,14-15H,4-6,11H2,1-3H3. The molecule has 0 aliphatic heterocycles. The van der Waals surface area contributed by atoms with Crippen LogP contribution in [0, 0.1) is 6.92 Å². The summed E-state index contributed by atoms with van der Waals surface area (Å²) in [6, 6.07) is 9.39. The van der Waals surface area contributed by atoms with Gasteiger partial charge in [0.2, 0.25) is 0 Å². The smallest absolute Gasteiger partial charge is 0.0317 e. The molecule has 1 heteroatoms. The van der Waals surface area contributed by atoms with E-state index in [1.54, 1.807) is 0 Å². The number of unbranched alkanes of at least 4 members (excludes halogenated alkanes) is 1. The average Bonchev–Trinajstić information content (AvgIpc) is 2.26. The van der Waals surface area contributed by atoms with E-state index in [-0.39, 0.29) is 0 Å². The van der Waals surface area contributed by atoms with Crippen LogP contribution in [-0.4, -0.2) is 6.54 Å². The van der Waals surface area contributed by atoms with E-state index < -0.39 is 0 Å². The minimum atomic E-state index is 0.525. The fourth-order valence-electron chi connectivity index (χ4n) is 1.75. The Morgan fingerprint density at radius 3 is 2.33 bits per heavy atom. The first-order valence-corrected chi connectivity index (χ1v) is 6.07. The fourth-order valence-corrected chi connectivity index (χ4v) is 1.75. The first-order valence-electron chi connectivity index (χ1n) is 6.07. The summed E-state index contributed by atoms with van der Waals surface area (Å²) in [6.45, 7) is 7.73. The van der Waals surface area contributed by atoms with Crippen LogP contribution in [0.1, 0.15) is 50.3 Å². The zero-order valence-electron chi connectivity index (χ0n) is 10.2. The van der Waals surface area contributed by atoms with Crippen LogP contribution in [0.25, 0.3) is 0 Å². The summed E-state index contributed by atoms with van der Waals surface area (Å²) in [5, 5.41) is 3.61. The van der Waals surface area contributed by atoms with Crippen LogP contribution >= 0.6 is 0 Å². The average molecular weight is 205 g/mol. The van der Waals surface area contributed by atoms with Crippen LogP contribution in [0.2, 0.25) is 0 Å². The van der Waals surface area contributed by atoms with E-state index >= 15 is 0 Å². The Kier molecular flexibility index (Phi) is 5.41. The zero-order chi connectivity index (χ0) is 11.1. The summed E-state index contributed by atoms with van der Waals surface area (Å²) in [4.78, 5) is 0. The van der Waals surface area contributed by atoms with Gasteiger partial charge in [-0.05, 0) is 31.9 Å². The molecule has 0 bridgehead atoms. The molecule has 0 spiro atoms. The van der Waals surface area contributed by atoms with E-state index in [1.165, 1.54) is 24.0 Å². The molecular weight excluding hydrogens is 182 g/mol. The molecule has 0 aromatic heterocycles. The molecule has 1 unspecified atom stereocenters. The second kappa shape index (κ2) is 6.62. The lowest BCUT2D eigenvalue weighted by molar-refractivity contribution is 0.508. The van der Waals surface area contributed by atoms with Crippen LogP contribution in [-0.2, 0) is 0 Å². The molecule has 0 saturated heterocycles. The monoisotopic (exact) mass is 205 g/mol. The molecule has 1 rings (SSSR count). The highest BCUT2D eigenvalue weighted by Crippen LogP contribution is 2.16. The maximum atomic E-state index is 3.61. The number of aryl methyl sites for hydroxylation is 1. The molecule has 0 aliphatic rings. The lowest BCUT2D eigenvalue weighted by Crippen LogP contribution is -2.21. The van der Waals surface area contributed by atoms with Crippen molar-refractivity contribution < 1.29 is 0 Å². The van der Waals surface area contributed by atoms with Crippen LogP contribution in [0.3, 0.4) is 0 Å². The van der Waals surface area contributed by atoms with Crippen LogP contribution in [0.5, 0.6) is 0 Å². The van der Waals surface area contributed by atoms with Gasteiger partial charge in [0.05, 0.1) is 0 Å². The first-order chi connectivity index (χ1) is 7.27. The summed E-state index contributed by atoms with van der Waals surface area (Å²) >= 11 is 0. The molecule has 1 aromatic carbocycles. The fraction of sp³-hybridized carbons (Fsp3) is 0.571. The van der Waals surface area contributed by atoms with Gasteiger partial charge in [0.25, 0.3) is 0 Å². The minimum Gasteiger partial charge on any atom is -0.310 e. The Bertz CT molecular complexity index is 263. The number of benzene rings is 1. The van der Waals surface area contributed by atoms with Gasteiger partial charge in [-0.2, -0.15) is 0 Å². The molecule has 15 heavy (non-hydrogen) atoms. The van der Waals surface area contributed by atoms with Gasteiger partial charge in [0.1, 0.15) is 0 Å². The van der Waals surface area contributed by atoms with Crippen LogP contribution in [0.4, 0.5) is 0 Å². The van der Waals surface area contributed by atoms with Gasteiger partial charge in [-0.15, -0.1) is 0 Å². The molecule has 0 heterocycles. The summed E-state index contributed by atoms with van der Waals surface area (Å²) in [6.07, 6.45) is 3.69. The van der Waals surface area contributed by atoms with E-state index in [9.17, 15) is 0 Å². The lowest BCUT2D eigenvalue weighted by atomic mass is 10.0. The van der Waals surface area contributed by atoms with Crippen molar-refractivity contribution in [2.75, 3.05) is 6.54 Å². The topological polar surface area (TPSA) is 12.0 Å². The predicted molar refractivity (Wildman–Crippen MR) is 67.1 cm³/mol. The van der Waals surface area contributed by atoms with E-state index in [4.69, 9.17) is 0 Å². The van der Waals surface area contributed by atoms with Crippen molar-refractivity contribution in [2.24, 2.45) is 0 Å². The minimum absolute atomic E-state index is 0.525. The third-order valence-electron chi connectivity index (χ3n) is 2.81. The summed E-state index contributed by atoms with van der Waals surface area (Å²) in [7, 11) is 0. The molecule has 1 aromatic rings. The molecule has 0 fully saturated rings. The van der Waals surface area contributed by atoms with Crippen LogP contribution < -0.4 is 5.32 Å². The normalized spacial score (nSPS) is 12.7. The van der Waals surface area contributed by atoms with Gasteiger partial charge in [-0.25, -0.2) is 0 Å². The van der Waals surface area contributed by atoms with Crippen molar-refractivity contribution >= 4 is 0 Å².